The molecule has 0 aliphatic rings. The highest BCUT2D eigenvalue weighted by Crippen LogP contribution is 2.27. The smallest absolute Gasteiger partial charge is 0.264 e. The number of nitrogens with zero attached hydrogens (tertiary/aromatic N) is 1. The van der Waals surface area contributed by atoms with Gasteiger partial charge in [-0.25, -0.2) is 8.42 Å². The number of anilines is 1. The van der Waals surface area contributed by atoms with Gasteiger partial charge in [0.2, 0.25) is 5.91 Å². The maximum Gasteiger partial charge on any atom is 0.264 e. The molecule has 3 aromatic rings. The van der Waals surface area contributed by atoms with Crippen LogP contribution in [0.25, 0.3) is 0 Å². The van der Waals surface area contributed by atoms with Gasteiger partial charge in [-0.1, -0.05) is 87.9 Å². The molecule has 0 saturated carbocycles. The second-order valence-electron chi connectivity index (χ2n) is 9.73. The van der Waals surface area contributed by atoms with Gasteiger partial charge in [0.1, 0.15) is 6.54 Å². The highest BCUT2D eigenvalue weighted by molar-refractivity contribution is 7.92. The molecule has 0 bridgehead atoms. The van der Waals surface area contributed by atoms with E-state index in [1.165, 1.54) is 4.31 Å². The van der Waals surface area contributed by atoms with Gasteiger partial charge >= 0.3 is 0 Å². The lowest BCUT2D eigenvalue weighted by molar-refractivity contribution is -0.120. The summed E-state index contributed by atoms with van der Waals surface area (Å²) in [6, 6.07) is 23.7. The first-order chi connectivity index (χ1) is 16.6. The Balaban J connectivity index is 1.94. The predicted octanol–water partition coefficient (Wildman–Crippen LogP) is 6.22. The highest BCUT2D eigenvalue weighted by atomic mass is 32.2. The summed E-state index contributed by atoms with van der Waals surface area (Å²) in [6.45, 7) is 9.98. The van der Waals surface area contributed by atoms with Crippen LogP contribution in [0.3, 0.4) is 0 Å². The van der Waals surface area contributed by atoms with Crippen molar-refractivity contribution in [3.63, 3.8) is 0 Å². The third-order valence-corrected chi connectivity index (χ3v) is 7.78. The van der Waals surface area contributed by atoms with Crippen molar-refractivity contribution >= 4 is 21.6 Å². The fourth-order valence-electron chi connectivity index (χ4n) is 3.98. The minimum atomic E-state index is -3.95. The number of carbonyl (C=O) groups is 1. The second-order valence-corrected chi connectivity index (χ2v) is 11.6. The van der Waals surface area contributed by atoms with Gasteiger partial charge in [0.05, 0.1) is 16.6 Å². The van der Waals surface area contributed by atoms with E-state index >= 15 is 0 Å². The van der Waals surface area contributed by atoms with Crippen LogP contribution < -0.4 is 9.62 Å². The standard InChI is InChI=1S/C29H36N2O3S/c1-21(2)19-28(25-9-7-6-8-10-25)30-29(32)20-31(26-15-13-24(14-16-26)22(3)4)35(33,34)27-17-11-23(5)12-18-27/h6-18,21-22,28H,19-20H2,1-5H3,(H,30,32)/t28-/m1/s1. The number of aryl methyl sites for hydroxylation is 1. The molecular weight excluding hydrogens is 456 g/mol. The Morgan fingerprint density at radius 3 is 1.97 bits per heavy atom. The van der Waals surface area contributed by atoms with Crippen LogP contribution in [0, 0.1) is 12.8 Å². The van der Waals surface area contributed by atoms with Gasteiger partial charge in [0.25, 0.3) is 10.0 Å². The molecule has 0 aliphatic carbocycles. The van der Waals surface area contributed by atoms with Gasteiger partial charge in [0, 0.05) is 0 Å². The van der Waals surface area contributed by atoms with E-state index < -0.39 is 10.0 Å². The SMILES string of the molecule is Cc1ccc(S(=O)(=O)N(CC(=O)N[C@H](CC(C)C)c2ccccc2)c2ccc(C(C)C)cc2)cc1. The van der Waals surface area contributed by atoms with Crippen molar-refractivity contribution in [1.29, 1.82) is 0 Å². The van der Waals surface area contributed by atoms with Gasteiger partial charge in [-0.15, -0.1) is 0 Å². The summed E-state index contributed by atoms with van der Waals surface area (Å²) in [5, 5.41) is 3.08. The number of amides is 1. The molecule has 0 heterocycles. The minimum Gasteiger partial charge on any atom is -0.348 e. The Morgan fingerprint density at radius 1 is 0.829 bits per heavy atom. The van der Waals surface area contributed by atoms with E-state index in [1.54, 1.807) is 36.4 Å². The van der Waals surface area contributed by atoms with Crippen LogP contribution in [-0.4, -0.2) is 20.9 Å². The van der Waals surface area contributed by atoms with Crippen molar-refractivity contribution in [1.82, 2.24) is 5.32 Å². The van der Waals surface area contributed by atoms with E-state index in [4.69, 9.17) is 0 Å². The summed E-state index contributed by atoms with van der Waals surface area (Å²) in [6.07, 6.45) is 0.754. The second kappa shape index (κ2) is 11.5. The fraction of sp³-hybridized carbons (Fsp3) is 0.345. The van der Waals surface area contributed by atoms with Gasteiger partial charge in [-0.3, -0.25) is 9.10 Å². The van der Waals surface area contributed by atoms with Crippen molar-refractivity contribution in [3.8, 4) is 0 Å². The first kappa shape index (κ1) is 26.5. The molecule has 0 saturated heterocycles. The third kappa shape index (κ3) is 6.95. The summed E-state index contributed by atoms with van der Waals surface area (Å²) in [4.78, 5) is 13.4. The summed E-state index contributed by atoms with van der Waals surface area (Å²) in [5.74, 6) is 0.330. The van der Waals surface area contributed by atoms with Gasteiger partial charge in [-0.2, -0.15) is 0 Å². The van der Waals surface area contributed by atoms with Gasteiger partial charge in [-0.05, 0) is 60.6 Å². The first-order valence-electron chi connectivity index (χ1n) is 12.1. The zero-order valence-electron chi connectivity index (χ0n) is 21.2. The summed E-state index contributed by atoms with van der Waals surface area (Å²) < 4.78 is 28.6. The Morgan fingerprint density at radius 2 is 1.43 bits per heavy atom. The van der Waals surface area contributed by atoms with E-state index in [-0.39, 0.29) is 23.4 Å². The van der Waals surface area contributed by atoms with Crippen LogP contribution in [0.4, 0.5) is 5.69 Å². The van der Waals surface area contributed by atoms with Crippen molar-refractivity contribution in [2.45, 2.75) is 57.9 Å². The maximum atomic E-state index is 13.7. The number of sulfonamides is 1. The molecule has 0 fully saturated rings. The van der Waals surface area contributed by atoms with Gasteiger partial charge < -0.3 is 5.32 Å². The molecule has 0 aliphatic heterocycles. The number of benzene rings is 3. The van der Waals surface area contributed by atoms with Crippen molar-refractivity contribution in [2.75, 3.05) is 10.8 Å². The number of nitrogens with one attached hydrogen (secondary N) is 1. The Bertz CT molecular complexity index is 1200. The largest absolute Gasteiger partial charge is 0.348 e. The fourth-order valence-corrected chi connectivity index (χ4v) is 5.40. The van der Waals surface area contributed by atoms with Crippen LogP contribution in [-0.2, 0) is 14.8 Å². The number of rotatable bonds is 10. The van der Waals surface area contributed by atoms with Crippen molar-refractivity contribution < 1.29 is 13.2 Å². The van der Waals surface area contributed by atoms with Crippen molar-refractivity contribution in [3.05, 3.63) is 95.6 Å². The predicted molar refractivity (Wildman–Crippen MR) is 143 cm³/mol. The highest BCUT2D eigenvalue weighted by Gasteiger charge is 2.28. The monoisotopic (exact) mass is 492 g/mol. The molecule has 3 rings (SSSR count). The summed E-state index contributed by atoms with van der Waals surface area (Å²) >= 11 is 0. The zero-order chi connectivity index (χ0) is 25.6. The normalized spacial score (nSPS) is 12.5. The Kier molecular flexibility index (Phi) is 8.73. The van der Waals surface area contributed by atoms with Crippen LogP contribution in [0.1, 0.15) is 62.8 Å². The molecule has 1 N–H and O–H groups in total. The molecule has 0 radical (unpaired) electrons. The Hall–Kier alpha value is -3.12. The summed E-state index contributed by atoms with van der Waals surface area (Å²) in [5.41, 5.74) is 3.54. The maximum absolute atomic E-state index is 13.7. The molecule has 35 heavy (non-hydrogen) atoms. The lowest BCUT2D eigenvalue weighted by atomic mass is 9.97. The van der Waals surface area contributed by atoms with E-state index in [9.17, 15) is 13.2 Å². The molecule has 0 unspecified atom stereocenters. The molecule has 1 amide bonds. The molecular formula is C29H36N2O3S. The lowest BCUT2D eigenvalue weighted by Crippen LogP contribution is -2.42. The number of hydrogen-bond donors (Lipinski definition) is 1. The quantitative estimate of drug-likeness (QED) is 0.365. The number of carbonyl (C=O) groups excluding carboxylic acids is 1. The molecule has 186 valence electrons. The van der Waals surface area contributed by atoms with Crippen LogP contribution >= 0.6 is 0 Å². The molecule has 5 nitrogen and oxygen atoms in total. The van der Waals surface area contributed by atoms with Crippen molar-refractivity contribution in [2.24, 2.45) is 5.92 Å². The lowest BCUT2D eigenvalue weighted by Gasteiger charge is -2.27. The molecule has 3 aromatic carbocycles. The van der Waals surface area contributed by atoms with Crippen LogP contribution in [0.15, 0.2) is 83.8 Å². The first-order valence-corrected chi connectivity index (χ1v) is 13.6. The third-order valence-electron chi connectivity index (χ3n) is 5.99. The topological polar surface area (TPSA) is 66.5 Å². The molecule has 6 heteroatoms. The molecule has 1 atom stereocenters. The van der Waals surface area contributed by atoms with Crippen LogP contribution in [0.5, 0.6) is 0 Å². The Labute approximate surface area is 210 Å². The average Bonchev–Trinajstić information content (AvgIpc) is 2.82. The minimum absolute atomic E-state index is 0.158. The molecule has 0 aromatic heterocycles. The summed E-state index contributed by atoms with van der Waals surface area (Å²) in [7, 11) is -3.95. The number of hydrogen-bond acceptors (Lipinski definition) is 3. The van der Waals surface area contributed by atoms with E-state index in [0.29, 0.717) is 17.5 Å². The van der Waals surface area contributed by atoms with Crippen LogP contribution in [0.2, 0.25) is 0 Å². The van der Waals surface area contributed by atoms with Gasteiger partial charge in [0.15, 0.2) is 0 Å². The van der Waals surface area contributed by atoms with E-state index in [1.807, 2.05) is 49.4 Å². The average molecular weight is 493 g/mol. The zero-order valence-corrected chi connectivity index (χ0v) is 22.0. The van der Waals surface area contributed by atoms with E-state index in [0.717, 1.165) is 23.1 Å². The van der Waals surface area contributed by atoms with E-state index in [2.05, 4.69) is 33.0 Å². The molecule has 0 spiro atoms.